The number of nitrogens with zero attached hydrogens (tertiary/aromatic N) is 1. The van der Waals surface area contributed by atoms with Gasteiger partial charge >= 0.3 is 12.0 Å². The predicted molar refractivity (Wildman–Crippen MR) is 124 cm³/mol. The molecule has 2 N–H and O–H groups in total. The summed E-state index contributed by atoms with van der Waals surface area (Å²) < 4.78 is 5.02. The van der Waals surface area contributed by atoms with Crippen molar-refractivity contribution in [3.8, 4) is 0 Å². The van der Waals surface area contributed by atoms with E-state index in [1.54, 1.807) is 4.90 Å². The number of urea groups is 1. The highest BCUT2D eigenvalue weighted by atomic mass is 16.5. The fourth-order valence-corrected chi connectivity index (χ4v) is 5.19. The minimum atomic E-state index is -0.660. The molecule has 2 aliphatic heterocycles. The topological polar surface area (TPSA) is 87.7 Å². The van der Waals surface area contributed by atoms with Crippen molar-refractivity contribution in [2.45, 2.75) is 56.8 Å². The Morgan fingerprint density at radius 1 is 1.06 bits per heavy atom. The molecule has 0 radical (unpaired) electrons. The second kappa shape index (κ2) is 10.1. The largest absolute Gasteiger partial charge is 0.467 e. The van der Waals surface area contributed by atoms with Crippen molar-refractivity contribution >= 4 is 17.9 Å². The van der Waals surface area contributed by atoms with Crippen LogP contribution in [0.4, 0.5) is 4.79 Å². The number of ether oxygens (including phenoxy) is 1. The molecular weight excluding hydrogens is 418 g/mol. The summed E-state index contributed by atoms with van der Waals surface area (Å²) in [7, 11) is 1.35. The van der Waals surface area contributed by atoms with Crippen molar-refractivity contribution < 1.29 is 19.1 Å². The van der Waals surface area contributed by atoms with Crippen LogP contribution in [-0.4, -0.2) is 48.0 Å². The number of carbonyl (C=O) groups is 3. The highest BCUT2D eigenvalue weighted by Gasteiger charge is 2.51. The summed E-state index contributed by atoms with van der Waals surface area (Å²) in [5, 5.41) is 5.73. The summed E-state index contributed by atoms with van der Waals surface area (Å²) >= 11 is 0. The molecule has 33 heavy (non-hydrogen) atoms. The zero-order chi connectivity index (χ0) is 23.4. The molecule has 0 bridgehead atoms. The van der Waals surface area contributed by atoms with Gasteiger partial charge in [0, 0.05) is 6.04 Å². The molecule has 174 valence electrons. The SMILES string of the molecule is COC(=O)[C@@H]1C[C@@H](Cc2ccccc2)[C@@H]2CC[C@H](NC(=O)N[C@H](C)c3ccccc3)C(=O)N12. The number of hydrogen-bond acceptors (Lipinski definition) is 4. The van der Waals surface area contributed by atoms with E-state index in [9.17, 15) is 14.4 Å². The Hall–Kier alpha value is -3.35. The number of benzene rings is 2. The van der Waals surface area contributed by atoms with Crippen molar-refractivity contribution in [1.29, 1.82) is 0 Å². The Kier molecular flexibility index (Phi) is 6.96. The molecule has 0 aromatic heterocycles. The summed E-state index contributed by atoms with van der Waals surface area (Å²) in [6.45, 7) is 1.90. The molecule has 3 amide bonds. The number of hydrogen-bond donors (Lipinski definition) is 2. The lowest BCUT2D eigenvalue weighted by Gasteiger charge is -2.38. The molecule has 2 aromatic rings. The summed E-state index contributed by atoms with van der Waals surface area (Å²) in [5.41, 5.74) is 2.17. The molecule has 2 fully saturated rings. The van der Waals surface area contributed by atoms with Gasteiger partial charge in [-0.3, -0.25) is 4.79 Å². The number of fused-ring (bicyclic) bond motifs is 1. The molecule has 0 spiro atoms. The minimum Gasteiger partial charge on any atom is -0.467 e. The standard InChI is InChI=1S/C26H31N3O4/c1-17(19-11-7-4-8-12-19)27-26(32)28-21-13-14-22-20(15-18-9-5-3-6-10-18)16-23(25(31)33-2)29(22)24(21)30/h3-12,17,20-23H,13-16H2,1-2H3,(H2,27,28,32)/t17-,20-,21+,22+,23+/m1/s1. The summed E-state index contributed by atoms with van der Waals surface area (Å²) in [6.07, 6.45) is 2.65. The Bertz CT molecular complexity index is 982. The first kappa shape index (κ1) is 22.8. The third kappa shape index (κ3) is 5.02. The fraction of sp³-hybridized carbons (Fsp3) is 0.423. The number of rotatable bonds is 6. The van der Waals surface area contributed by atoms with Gasteiger partial charge < -0.3 is 20.3 Å². The van der Waals surface area contributed by atoms with Crippen LogP contribution in [0.2, 0.25) is 0 Å². The molecule has 7 heteroatoms. The average molecular weight is 450 g/mol. The van der Waals surface area contributed by atoms with E-state index >= 15 is 0 Å². The van der Waals surface area contributed by atoms with E-state index in [1.807, 2.05) is 55.5 Å². The van der Waals surface area contributed by atoms with Crippen molar-refractivity contribution in [3.05, 3.63) is 71.8 Å². The molecule has 2 saturated heterocycles. The van der Waals surface area contributed by atoms with Crippen LogP contribution < -0.4 is 10.6 Å². The molecule has 0 saturated carbocycles. The third-order valence-electron chi connectivity index (χ3n) is 6.83. The average Bonchev–Trinajstić information content (AvgIpc) is 3.20. The van der Waals surface area contributed by atoms with E-state index < -0.39 is 24.1 Å². The highest BCUT2D eigenvalue weighted by molar-refractivity contribution is 5.92. The van der Waals surface area contributed by atoms with E-state index in [1.165, 1.54) is 12.7 Å². The summed E-state index contributed by atoms with van der Waals surface area (Å²) in [6, 6.07) is 17.9. The number of nitrogens with one attached hydrogen (secondary N) is 2. The zero-order valence-electron chi connectivity index (χ0n) is 19.1. The maximum Gasteiger partial charge on any atom is 0.328 e. The lowest BCUT2D eigenvalue weighted by Crippen LogP contribution is -2.59. The highest BCUT2D eigenvalue weighted by Crippen LogP contribution is 2.39. The van der Waals surface area contributed by atoms with Crippen LogP contribution in [0, 0.1) is 5.92 Å². The molecule has 2 aliphatic rings. The van der Waals surface area contributed by atoms with E-state index in [4.69, 9.17) is 4.74 Å². The van der Waals surface area contributed by atoms with Crippen molar-refractivity contribution in [1.82, 2.24) is 15.5 Å². The Morgan fingerprint density at radius 3 is 2.39 bits per heavy atom. The first-order valence-corrected chi connectivity index (χ1v) is 11.5. The van der Waals surface area contributed by atoms with E-state index in [2.05, 4.69) is 22.8 Å². The van der Waals surface area contributed by atoms with Gasteiger partial charge in [-0.1, -0.05) is 60.7 Å². The molecule has 4 rings (SSSR count). The lowest BCUT2D eigenvalue weighted by molar-refractivity contribution is -0.154. The molecular formula is C26H31N3O4. The van der Waals surface area contributed by atoms with Crippen LogP contribution in [0.3, 0.4) is 0 Å². The van der Waals surface area contributed by atoms with Crippen LogP contribution >= 0.6 is 0 Å². The Labute approximate surface area is 194 Å². The van der Waals surface area contributed by atoms with Gasteiger partial charge in [0.05, 0.1) is 13.2 Å². The first-order valence-electron chi connectivity index (χ1n) is 11.5. The van der Waals surface area contributed by atoms with E-state index in [0.717, 1.165) is 18.4 Å². The quantitative estimate of drug-likeness (QED) is 0.663. The maximum absolute atomic E-state index is 13.4. The minimum absolute atomic E-state index is 0.0360. The van der Waals surface area contributed by atoms with Gasteiger partial charge in [-0.15, -0.1) is 0 Å². The number of piperidine rings is 1. The normalized spacial score (nSPS) is 25.2. The van der Waals surface area contributed by atoms with Crippen molar-refractivity contribution in [2.75, 3.05) is 7.11 Å². The zero-order valence-corrected chi connectivity index (χ0v) is 19.1. The maximum atomic E-state index is 13.4. The molecule has 0 unspecified atom stereocenters. The predicted octanol–water partition coefficient (Wildman–Crippen LogP) is 3.21. The number of methoxy groups -OCH3 is 1. The van der Waals surface area contributed by atoms with Gasteiger partial charge in [0.2, 0.25) is 5.91 Å². The number of esters is 1. The molecule has 7 nitrogen and oxygen atoms in total. The van der Waals surface area contributed by atoms with Gasteiger partial charge in [-0.25, -0.2) is 9.59 Å². The van der Waals surface area contributed by atoms with Crippen LogP contribution in [0.15, 0.2) is 60.7 Å². The second-order valence-electron chi connectivity index (χ2n) is 8.92. The van der Waals surface area contributed by atoms with Gasteiger partial charge in [0.25, 0.3) is 0 Å². The van der Waals surface area contributed by atoms with Crippen LogP contribution in [-0.2, 0) is 20.7 Å². The monoisotopic (exact) mass is 449 g/mol. The summed E-state index contributed by atoms with van der Waals surface area (Å²) in [5.74, 6) is -0.431. The van der Waals surface area contributed by atoms with Gasteiger partial charge in [-0.2, -0.15) is 0 Å². The molecule has 2 aromatic carbocycles. The van der Waals surface area contributed by atoms with Crippen LogP contribution in [0.5, 0.6) is 0 Å². The second-order valence-corrected chi connectivity index (χ2v) is 8.92. The molecule has 0 aliphatic carbocycles. The number of carbonyl (C=O) groups excluding carboxylic acids is 3. The Morgan fingerprint density at radius 2 is 1.73 bits per heavy atom. The van der Waals surface area contributed by atoms with E-state index in [-0.39, 0.29) is 23.9 Å². The third-order valence-corrected chi connectivity index (χ3v) is 6.83. The first-order chi connectivity index (χ1) is 16.0. The van der Waals surface area contributed by atoms with Crippen LogP contribution in [0.1, 0.15) is 43.4 Å². The van der Waals surface area contributed by atoms with Crippen LogP contribution in [0.25, 0.3) is 0 Å². The van der Waals surface area contributed by atoms with Crippen molar-refractivity contribution in [3.63, 3.8) is 0 Å². The van der Waals surface area contributed by atoms with Gasteiger partial charge in [0.15, 0.2) is 0 Å². The Balaban J connectivity index is 1.44. The fourth-order valence-electron chi connectivity index (χ4n) is 5.19. The molecule has 5 atom stereocenters. The molecule has 2 heterocycles. The van der Waals surface area contributed by atoms with E-state index in [0.29, 0.717) is 12.8 Å². The van der Waals surface area contributed by atoms with Gasteiger partial charge in [-0.05, 0) is 49.7 Å². The van der Waals surface area contributed by atoms with Gasteiger partial charge in [0.1, 0.15) is 12.1 Å². The number of amides is 3. The van der Waals surface area contributed by atoms with Crippen molar-refractivity contribution in [2.24, 2.45) is 5.92 Å². The lowest BCUT2D eigenvalue weighted by atomic mass is 9.86. The summed E-state index contributed by atoms with van der Waals surface area (Å²) in [4.78, 5) is 40.2. The smallest absolute Gasteiger partial charge is 0.328 e.